The summed E-state index contributed by atoms with van der Waals surface area (Å²) in [6.45, 7) is 1.67. The maximum atomic E-state index is 12.8. The van der Waals surface area contributed by atoms with Gasteiger partial charge in [-0.05, 0) is 50.3 Å². The van der Waals surface area contributed by atoms with Gasteiger partial charge in [-0.15, -0.1) is 0 Å². The van der Waals surface area contributed by atoms with Crippen molar-refractivity contribution in [3.05, 3.63) is 45.2 Å². The molecule has 1 aliphatic carbocycles. The molecule has 1 aromatic heterocycles. The number of hydrogen-bond donors (Lipinski definition) is 0. The van der Waals surface area contributed by atoms with Gasteiger partial charge in [-0.1, -0.05) is 23.2 Å². The van der Waals surface area contributed by atoms with Crippen molar-refractivity contribution < 1.29 is 4.79 Å². The summed E-state index contributed by atoms with van der Waals surface area (Å²) in [6, 6.07) is 5.37. The first-order valence-corrected chi connectivity index (χ1v) is 8.76. The summed E-state index contributed by atoms with van der Waals surface area (Å²) in [5.74, 6) is 0.0597. The first-order valence-electron chi connectivity index (χ1n) is 8.00. The minimum atomic E-state index is 0.0597. The molecule has 23 heavy (non-hydrogen) atoms. The van der Waals surface area contributed by atoms with Crippen LogP contribution < -0.4 is 0 Å². The Balaban J connectivity index is 1.80. The third-order valence-corrected chi connectivity index (χ3v) is 5.20. The molecule has 0 radical (unpaired) electrons. The molecule has 0 spiro atoms. The van der Waals surface area contributed by atoms with Gasteiger partial charge in [-0.25, -0.2) is 4.68 Å². The summed E-state index contributed by atoms with van der Waals surface area (Å²) in [7, 11) is 0. The van der Waals surface area contributed by atoms with Crippen LogP contribution in [0.15, 0.2) is 18.2 Å². The van der Waals surface area contributed by atoms with Crippen molar-refractivity contribution in [1.82, 2.24) is 14.7 Å². The molecule has 2 aromatic rings. The van der Waals surface area contributed by atoms with Gasteiger partial charge in [0.2, 0.25) is 0 Å². The van der Waals surface area contributed by atoms with Crippen LogP contribution in [0.5, 0.6) is 0 Å². The summed E-state index contributed by atoms with van der Waals surface area (Å²) in [4.78, 5) is 14.7. The second-order valence-corrected chi connectivity index (χ2v) is 6.98. The number of amides is 1. The number of carbonyl (C=O) groups excluding carboxylic acids is 1. The molecule has 0 bridgehead atoms. The third-order valence-electron chi connectivity index (χ3n) is 4.66. The van der Waals surface area contributed by atoms with Crippen molar-refractivity contribution in [3.8, 4) is 5.69 Å². The van der Waals surface area contributed by atoms with Gasteiger partial charge in [0.15, 0.2) is 5.69 Å². The SMILES string of the molecule is O=C(c1nn(-c2ccc(Cl)cc2Cl)c2c1CCC2)N1CCCC1. The number of likely N-dealkylation sites (tertiary alicyclic amines) is 1. The fourth-order valence-electron chi connectivity index (χ4n) is 3.53. The van der Waals surface area contributed by atoms with Gasteiger partial charge in [0, 0.05) is 29.4 Å². The fourth-order valence-corrected chi connectivity index (χ4v) is 4.02. The number of carbonyl (C=O) groups is 1. The summed E-state index contributed by atoms with van der Waals surface area (Å²) < 4.78 is 1.84. The van der Waals surface area contributed by atoms with Crippen molar-refractivity contribution in [2.24, 2.45) is 0 Å². The molecule has 1 fully saturated rings. The minimum absolute atomic E-state index is 0.0597. The number of benzene rings is 1. The number of nitrogens with zero attached hydrogens (tertiary/aromatic N) is 3. The summed E-state index contributed by atoms with van der Waals surface area (Å²) >= 11 is 12.3. The van der Waals surface area contributed by atoms with Crippen LogP contribution in [0.1, 0.15) is 41.0 Å². The average molecular weight is 350 g/mol. The average Bonchev–Trinajstić information content (AvgIpc) is 3.25. The van der Waals surface area contributed by atoms with Crippen LogP contribution in [-0.4, -0.2) is 33.7 Å². The monoisotopic (exact) mass is 349 g/mol. The van der Waals surface area contributed by atoms with E-state index in [4.69, 9.17) is 23.2 Å². The van der Waals surface area contributed by atoms with Crippen LogP contribution in [0.2, 0.25) is 10.0 Å². The van der Waals surface area contributed by atoms with Crippen molar-refractivity contribution in [1.29, 1.82) is 0 Å². The highest BCUT2D eigenvalue weighted by Crippen LogP contribution is 2.32. The molecule has 120 valence electrons. The Hall–Kier alpha value is -1.52. The van der Waals surface area contributed by atoms with Gasteiger partial charge >= 0.3 is 0 Å². The maximum absolute atomic E-state index is 12.8. The van der Waals surface area contributed by atoms with Crippen LogP contribution in [0, 0.1) is 0 Å². The molecule has 1 aromatic carbocycles. The van der Waals surface area contributed by atoms with E-state index in [9.17, 15) is 4.79 Å². The molecule has 4 nitrogen and oxygen atoms in total. The molecule has 1 saturated heterocycles. The lowest BCUT2D eigenvalue weighted by Crippen LogP contribution is -2.28. The molecule has 1 aliphatic heterocycles. The van der Waals surface area contributed by atoms with E-state index < -0.39 is 0 Å². The summed E-state index contributed by atoms with van der Waals surface area (Å²) in [6.07, 6.45) is 5.05. The second kappa shape index (κ2) is 5.84. The van der Waals surface area contributed by atoms with Gasteiger partial charge in [0.25, 0.3) is 5.91 Å². The number of aromatic nitrogens is 2. The van der Waals surface area contributed by atoms with Crippen molar-refractivity contribution in [3.63, 3.8) is 0 Å². The van der Waals surface area contributed by atoms with Crippen LogP contribution in [0.4, 0.5) is 0 Å². The molecule has 1 amide bonds. The Morgan fingerprint density at radius 1 is 1.09 bits per heavy atom. The molecule has 0 unspecified atom stereocenters. The maximum Gasteiger partial charge on any atom is 0.274 e. The Morgan fingerprint density at radius 2 is 1.87 bits per heavy atom. The topological polar surface area (TPSA) is 38.1 Å². The molecule has 2 aliphatic rings. The van der Waals surface area contributed by atoms with Crippen molar-refractivity contribution in [2.45, 2.75) is 32.1 Å². The summed E-state index contributed by atoms with van der Waals surface area (Å²) in [5, 5.41) is 5.78. The van der Waals surface area contributed by atoms with E-state index >= 15 is 0 Å². The van der Waals surface area contributed by atoms with Crippen molar-refractivity contribution >= 4 is 29.1 Å². The first-order chi connectivity index (χ1) is 11.1. The second-order valence-electron chi connectivity index (χ2n) is 6.13. The zero-order valence-electron chi connectivity index (χ0n) is 12.7. The smallest absolute Gasteiger partial charge is 0.274 e. The zero-order chi connectivity index (χ0) is 16.0. The molecule has 0 N–H and O–H groups in total. The largest absolute Gasteiger partial charge is 0.337 e. The predicted molar refractivity (Wildman–Crippen MR) is 90.7 cm³/mol. The Kier molecular flexibility index (Phi) is 3.82. The molecule has 2 heterocycles. The van der Waals surface area contributed by atoms with E-state index in [1.165, 1.54) is 0 Å². The van der Waals surface area contributed by atoms with E-state index in [0.717, 1.165) is 62.1 Å². The zero-order valence-corrected chi connectivity index (χ0v) is 14.2. The number of halogens is 2. The van der Waals surface area contributed by atoms with Gasteiger partial charge in [-0.2, -0.15) is 5.10 Å². The molecule has 4 rings (SSSR count). The highest BCUT2D eigenvalue weighted by atomic mass is 35.5. The van der Waals surface area contributed by atoms with Crippen LogP contribution in [-0.2, 0) is 12.8 Å². The number of fused-ring (bicyclic) bond motifs is 1. The van der Waals surface area contributed by atoms with Gasteiger partial charge < -0.3 is 4.90 Å². The lowest BCUT2D eigenvalue weighted by atomic mass is 10.2. The standard InChI is InChI=1S/C17H17Cl2N3O/c18-11-6-7-15(13(19)10-11)22-14-5-3-4-12(14)16(20-22)17(23)21-8-1-2-9-21/h6-7,10H,1-5,8-9H2. The number of rotatable bonds is 2. The Morgan fingerprint density at radius 3 is 2.61 bits per heavy atom. The summed E-state index contributed by atoms with van der Waals surface area (Å²) in [5.41, 5.74) is 3.59. The van der Waals surface area contributed by atoms with Crippen LogP contribution in [0.25, 0.3) is 5.69 Å². The van der Waals surface area contributed by atoms with Gasteiger partial charge in [0.1, 0.15) is 0 Å². The van der Waals surface area contributed by atoms with Crippen molar-refractivity contribution in [2.75, 3.05) is 13.1 Å². The van der Waals surface area contributed by atoms with E-state index in [0.29, 0.717) is 15.7 Å². The van der Waals surface area contributed by atoms with E-state index in [1.807, 2.05) is 15.6 Å². The fraction of sp³-hybridized carbons (Fsp3) is 0.412. The van der Waals surface area contributed by atoms with E-state index in [1.54, 1.807) is 12.1 Å². The van der Waals surface area contributed by atoms with E-state index in [2.05, 4.69) is 5.10 Å². The Bertz CT molecular complexity index is 778. The van der Waals surface area contributed by atoms with E-state index in [-0.39, 0.29) is 5.91 Å². The molecular formula is C17H17Cl2N3O. The van der Waals surface area contributed by atoms with Crippen LogP contribution in [0.3, 0.4) is 0 Å². The first kappa shape index (κ1) is 15.0. The molecule has 0 atom stereocenters. The van der Waals surface area contributed by atoms with Crippen LogP contribution >= 0.6 is 23.2 Å². The molecule has 6 heteroatoms. The van der Waals surface area contributed by atoms with Gasteiger partial charge in [-0.3, -0.25) is 4.79 Å². The minimum Gasteiger partial charge on any atom is -0.337 e. The third kappa shape index (κ3) is 2.54. The molecular weight excluding hydrogens is 333 g/mol. The normalized spacial score (nSPS) is 16.9. The lowest BCUT2D eigenvalue weighted by Gasteiger charge is -2.14. The molecule has 0 saturated carbocycles. The lowest BCUT2D eigenvalue weighted by molar-refractivity contribution is 0.0785. The quantitative estimate of drug-likeness (QED) is 0.824. The highest BCUT2D eigenvalue weighted by molar-refractivity contribution is 6.35. The number of hydrogen-bond acceptors (Lipinski definition) is 2. The van der Waals surface area contributed by atoms with Gasteiger partial charge in [0.05, 0.1) is 10.7 Å². The predicted octanol–water partition coefficient (Wildman–Crippen LogP) is 3.90. The highest BCUT2D eigenvalue weighted by Gasteiger charge is 2.30. The Labute approximate surface area is 145 Å².